The number of nitrogens with zero attached hydrogens (tertiary/aromatic N) is 1. The Morgan fingerprint density at radius 1 is 1.35 bits per heavy atom. The maximum absolute atomic E-state index is 12.1. The molecule has 0 unspecified atom stereocenters. The van der Waals surface area contributed by atoms with E-state index in [0.717, 1.165) is 6.42 Å². The summed E-state index contributed by atoms with van der Waals surface area (Å²) in [6, 6.07) is 5.30. The lowest BCUT2D eigenvalue weighted by Crippen LogP contribution is -2.34. The van der Waals surface area contributed by atoms with Gasteiger partial charge < -0.3 is 4.42 Å². The van der Waals surface area contributed by atoms with Crippen LogP contribution in [0.4, 0.5) is 0 Å². The van der Waals surface area contributed by atoms with E-state index in [1.54, 1.807) is 30.7 Å². The Morgan fingerprint density at radius 3 is 2.90 bits per heavy atom. The van der Waals surface area contributed by atoms with Crippen LogP contribution in [0.25, 0.3) is 22.4 Å². The Bertz CT molecular complexity index is 859. The lowest BCUT2D eigenvalue weighted by molar-refractivity contribution is -0.349. The van der Waals surface area contributed by atoms with Crippen LogP contribution in [-0.2, 0) is 6.54 Å². The van der Waals surface area contributed by atoms with Gasteiger partial charge in [-0.25, -0.2) is 9.78 Å². The van der Waals surface area contributed by atoms with Gasteiger partial charge >= 0.3 is 5.69 Å². The third-order valence-electron chi connectivity index (χ3n) is 3.17. The van der Waals surface area contributed by atoms with Crippen molar-refractivity contribution in [3.63, 3.8) is 0 Å². The van der Waals surface area contributed by atoms with Gasteiger partial charge in [0, 0.05) is 5.56 Å². The van der Waals surface area contributed by atoms with Crippen LogP contribution >= 0.6 is 0 Å². The molecule has 3 heterocycles. The molecule has 6 nitrogen and oxygen atoms in total. The first-order valence-corrected chi connectivity index (χ1v) is 6.43. The minimum absolute atomic E-state index is 0.405. The Morgan fingerprint density at radius 2 is 2.20 bits per heavy atom. The predicted molar refractivity (Wildman–Crippen MR) is 73.4 cm³/mol. The van der Waals surface area contributed by atoms with Crippen molar-refractivity contribution < 1.29 is 9.40 Å². The van der Waals surface area contributed by atoms with Gasteiger partial charge in [-0.05, 0) is 24.6 Å². The fraction of sp³-hybridized carbons (Fsp3) is 0.214. The summed E-state index contributed by atoms with van der Waals surface area (Å²) in [6.45, 7) is 2.50. The molecule has 0 aromatic carbocycles. The van der Waals surface area contributed by atoms with Crippen LogP contribution in [0.2, 0.25) is 0 Å². The van der Waals surface area contributed by atoms with E-state index in [1.165, 1.54) is 4.57 Å². The number of fused-ring (bicyclic) bond motifs is 1. The van der Waals surface area contributed by atoms with E-state index < -0.39 is 11.2 Å². The maximum atomic E-state index is 12.1. The molecule has 0 bridgehead atoms. The highest BCUT2D eigenvalue weighted by molar-refractivity contribution is 5.88. The molecule has 0 aliphatic heterocycles. The number of H-pyrrole nitrogens is 2. The van der Waals surface area contributed by atoms with Gasteiger partial charge in [0.2, 0.25) is 0 Å². The molecular weight excluding hydrogens is 258 g/mol. The number of aromatic amines is 2. The van der Waals surface area contributed by atoms with Gasteiger partial charge in [-0.15, -0.1) is 0 Å². The number of pyridine rings is 1. The fourth-order valence-electron chi connectivity index (χ4n) is 2.33. The second-order valence-corrected chi connectivity index (χ2v) is 4.50. The van der Waals surface area contributed by atoms with Crippen molar-refractivity contribution in [2.24, 2.45) is 0 Å². The quantitative estimate of drug-likeness (QED) is 0.777. The van der Waals surface area contributed by atoms with E-state index in [1.807, 2.05) is 6.92 Å². The summed E-state index contributed by atoms with van der Waals surface area (Å²) >= 11 is 0. The molecule has 3 aromatic heterocycles. The van der Waals surface area contributed by atoms with Crippen molar-refractivity contribution in [2.45, 2.75) is 19.9 Å². The highest BCUT2D eigenvalue weighted by Gasteiger charge is 2.19. The lowest BCUT2D eigenvalue weighted by atomic mass is 10.1. The highest BCUT2D eigenvalue weighted by Crippen LogP contribution is 2.23. The van der Waals surface area contributed by atoms with Crippen molar-refractivity contribution in [1.82, 2.24) is 9.55 Å². The molecule has 2 N–H and O–H groups in total. The molecule has 0 fully saturated rings. The minimum Gasteiger partial charge on any atom is -0.464 e. The first-order valence-electron chi connectivity index (χ1n) is 6.43. The highest BCUT2D eigenvalue weighted by atomic mass is 16.3. The Hall–Kier alpha value is -2.63. The van der Waals surface area contributed by atoms with Crippen LogP contribution in [0.3, 0.4) is 0 Å². The summed E-state index contributed by atoms with van der Waals surface area (Å²) in [5, 5.41) is 0.426. The summed E-state index contributed by atoms with van der Waals surface area (Å²) in [7, 11) is 0. The van der Waals surface area contributed by atoms with Gasteiger partial charge in [0.25, 0.3) is 11.2 Å². The standard InChI is InChI=1S/C14H13N3O3/c1-2-7-17-12-11(13(18)16-14(17)19)9(5-6-15-12)10-4-3-8-20-10/h3-6,8H,2,7H2,1H3,(H,16,18,19)/p+1. The molecule has 20 heavy (non-hydrogen) atoms. The third kappa shape index (κ3) is 1.85. The Kier molecular flexibility index (Phi) is 2.98. The van der Waals surface area contributed by atoms with Crippen LogP contribution in [0.5, 0.6) is 0 Å². The summed E-state index contributed by atoms with van der Waals surface area (Å²) in [5.74, 6) is 0.594. The number of nitrogens with one attached hydrogen (secondary N) is 2. The first kappa shape index (κ1) is 12.4. The van der Waals surface area contributed by atoms with Gasteiger partial charge in [0.05, 0.1) is 19.0 Å². The molecule has 0 amide bonds. The second kappa shape index (κ2) is 4.80. The summed E-state index contributed by atoms with van der Waals surface area (Å²) < 4.78 is 6.89. The molecule has 6 heteroatoms. The fourth-order valence-corrected chi connectivity index (χ4v) is 2.33. The minimum atomic E-state index is -0.416. The topological polar surface area (TPSA) is 82.1 Å². The van der Waals surface area contributed by atoms with E-state index in [4.69, 9.17) is 4.42 Å². The molecule has 0 aliphatic rings. The number of furan rings is 1. The molecular formula is C14H14N3O3+. The molecule has 3 rings (SSSR count). The average molecular weight is 272 g/mol. The van der Waals surface area contributed by atoms with Crippen LogP contribution < -0.4 is 16.2 Å². The van der Waals surface area contributed by atoms with Gasteiger partial charge in [-0.3, -0.25) is 9.78 Å². The van der Waals surface area contributed by atoms with Crippen molar-refractivity contribution in [3.05, 3.63) is 51.5 Å². The number of rotatable bonds is 3. The first-order chi connectivity index (χ1) is 9.72. The number of aryl methyl sites for hydroxylation is 1. The largest absolute Gasteiger partial charge is 0.464 e. The van der Waals surface area contributed by atoms with E-state index >= 15 is 0 Å². The van der Waals surface area contributed by atoms with Gasteiger partial charge in [-0.2, -0.15) is 4.57 Å². The number of hydrogen-bond acceptors (Lipinski definition) is 3. The van der Waals surface area contributed by atoms with E-state index in [9.17, 15) is 9.59 Å². The zero-order valence-electron chi connectivity index (χ0n) is 11.0. The number of aromatic nitrogens is 3. The number of hydrogen-bond donors (Lipinski definition) is 1. The lowest BCUT2D eigenvalue weighted by Gasteiger charge is -2.03. The summed E-state index contributed by atoms with van der Waals surface area (Å²) in [6.07, 6.45) is 4.04. The normalized spacial score (nSPS) is 11.1. The van der Waals surface area contributed by atoms with Crippen LogP contribution in [0.15, 0.2) is 44.7 Å². The maximum Gasteiger partial charge on any atom is 0.415 e. The molecule has 0 saturated heterocycles. The summed E-state index contributed by atoms with van der Waals surface area (Å²) in [5.41, 5.74) is 0.349. The van der Waals surface area contributed by atoms with Crippen LogP contribution in [-0.4, -0.2) is 9.55 Å². The van der Waals surface area contributed by atoms with Crippen molar-refractivity contribution >= 4 is 11.0 Å². The van der Waals surface area contributed by atoms with Crippen LogP contribution in [0.1, 0.15) is 13.3 Å². The van der Waals surface area contributed by atoms with Crippen molar-refractivity contribution in [1.29, 1.82) is 0 Å². The van der Waals surface area contributed by atoms with Gasteiger partial charge in [0.1, 0.15) is 11.1 Å². The molecule has 0 aliphatic carbocycles. The molecule has 3 aromatic rings. The Labute approximate surface area is 113 Å². The van der Waals surface area contributed by atoms with E-state index in [-0.39, 0.29) is 0 Å². The summed E-state index contributed by atoms with van der Waals surface area (Å²) in [4.78, 5) is 29.4. The smallest absolute Gasteiger partial charge is 0.415 e. The van der Waals surface area contributed by atoms with Gasteiger partial charge in [0.15, 0.2) is 0 Å². The molecule has 102 valence electrons. The van der Waals surface area contributed by atoms with E-state index in [0.29, 0.717) is 28.9 Å². The van der Waals surface area contributed by atoms with E-state index in [2.05, 4.69) is 9.97 Å². The van der Waals surface area contributed by atoms with Gasteiger partial charge in [-0.1, -0.05) is 6.92 Å². The zero-order valence-corrected chi connectivity index (χ0v) is 11.0. The zero-order chi connectivity index (χ0) is 14.1. The molecule has 0 radical (unpaired) electrons. The second-order valence-electron chi connectivity index (χ2n) is 4.50. The SMILES string of the molecule is CCCn1c(=O)[nH]c(=O)c2c(-c3ccco3)cc[nH+]c21. The molecule has 0 saturated carbocycles. The molecule has 0 atom stereocenters. The van der Waals surface area contributed by atoms with Crippen molar-refractivity contribution in [2.75, 3.05) is 0 Å². The van der Waals surface area contributed by atoms with Crippen molar-refractivity contribution in [3.8, 4) is 11.3 Å². The Balaban J connectivity index is 2.44. The van der Waals surface area contributed by atoms with Crippen LogP contribution in [0, 0.1) is 0 Å². The third-order valence-corrected chi connectivity index (χ3v) is 3.17. The average Bonchev–Trinajstić information content (AvgIpc) is 2.96. The monoisotopic (exact) mass is 272 g/mol. The predicted octanol–water partition coefficient (Wildman–Crippen LogP) is 1.17. The molecule has 0 spiro atoms.